The van der Waals surface area contributed by atoms with Gasteiger partial charge in [-0.1, -0.05) is 6.07 Å². The molecule has 0 aliphatic heterocycles. The lowest BCUT2D eigenvalue weighted by Gasteiger charge is -2.03. The van der Waals surface area contributed by atoms with E-state index in [1.54, 1.807) is 11.3 Å². The highest BCUT2D eigenvalue weighted by molar-refractivity contribution is 7.09. The van der Waals surface area contributed by atoms with Crippen LogP contribution in [-0.4, -0.2) is 25.7 Å². The van der Waals surface area contributed by atoms with E-state index in [-0.39, 0.29) is 12.5 Å². The molecule has 0 spiro atoms. The molecule has 0 aromatic carbocycles. The molecule has 0 aliphatic rings. The Balaban J connectivity index is 2.09. The minimum atomic E-state index is -0.105. The third-order valence-corrected chi connectivity index (χ3v) is 2.41. The summed E-state index contributed by atoms with van der Waals surface area (Å²) in [6.07, 6.45) is 0. The van der Waals surface area contributed by atoms with E-state index in [2.05, 4.69) is 5.32 Å². The lowest BCUT2D eigenvalue weighted by molar-refractivity contribution is -0.125. The van der Waals surface area contributed by atoms with Gasteiger partial charge in [0.15, 0.2) is 0 Å². The first-order valence-electron chi connectivity index (χ1n) is 4.40. The van der Waals surface area contributed by atoms with Crippen LogP contribution < -0.4 is 11.1 Å². The second-order valence-corrected chi connectivity index (χ2v) is 3.73. The molecule has 1 heterocycles. The molecule has 5 heteroatoms. The van der Waals surface area contributed by atoms with Crippen LogP contribution in [0.15, 0.2) is 17.5 Å². The minimum absolute atomic E-state index is 0.0859. The summed E-state index contributed by atoms with van der Waals surface area (Å²) in [5, 5.41) is 4.73. The molecule has 0 saturated carbocycles. The molecule has 0 aliphatic carbocycles. The van der Waals surface area contributed by atoms with E-state index in [0.29, 0.717) is 19.7 Å². The lowest BCUT2D eigenvalue weighted by Crippen LogP contribution is -2.27. The maximum atomic E-state index is 11.1. The molecule has 1 aromatic rings. The van der Waals surface area contributed by atoms with E-state index in [1.165, 1.54) is 0 Å². The Labute approximate surface area is 87.1 Å². The van der Waals surface area contributed by atoms with Gasteiger partial charge in [-0.25, -0.2) is 0 Å². The van der Waals surface area contributed by atoms with Gasteiger partial charge in [-0.2, -0.15) is 0 Å². The molecule has 1 amide bonds. The van der Waals surface area contributed by atoms with Gasteiger partial charge in [-0.05, 0) is 11.4 Å². The van der Waals surface area contributed by atoms with Crippen molar-refractivity contribution in [1.82, 2.24) is 5.32 Å². The standard InChI is InChI=1S/C9H14N2O2S/c10-3-4-13-7-9(12)11-6-8-2-1-5-14-8/h1-2,5H,3-4,6-7,10H2,(H,11,12). The molecule has 78 valence electrons. The molecule has 14 heavy (non-hydrogen) atoms. The Bertz CT molecular complexity index is 262. The molecule has 0 unspecified atom stereocenters. The van der Waals surface area contributed by atoms with E-state index in [0.717, 1.165) is 4.88 Å². The predicted molar refractivity (Wildman–Crippen MR) is 56.0 cm³/mol. The van der Waals surface area contributed by atoms with Crippen LogP contribution in [0.5, 0.6) is 0 Å². The molecule has 1 aromatic heterocycles. The molecule has 1 rings (SSSR count). The summed E-state index contributed by atoms with van der Waals surface area (Å²) in [5.41, 5.74) is 5.21. The van der Waals surface area contributed by atoms with E-state index in [4.69, 9.17) is 10.5 Å². The van der Waals surface area contributed by atoms with Gasteiger partial charge in [-0.15, -0.1) is 11.3 Å². The number of nitrogens with one attached hydrogen (secondary N) is 1. The molecule has 0 atom stereocenters. The van der Waals surface area contributed by atoms with Crippen molar-refractivity contribution in [2.75, 3.05) is 19.8 Å². The van der Waals surface area contributed by atoms with Crippen LogP contribution >= 0.6 is 11.3 Å². The molecule has 0 bridgehead atoms. The zero-order chi connectivity index (χ0) is 10.2. The molecular weight excluding hydrogens is 200 g/mol. The van der Waals surface area contributed by atoms with Crippen LogP contribution in [0.1, 0.15) is 4.88 Å². The first-order valence-corrected chi connectivity index (χ1v) is 5.28. The summed E-state index contributed by atoms with van der Waals surface area (Å²) in [6, 6.07) is 3.93. The smallest absolute Gasteiger partial charge is 0.246 e. The van der Waals surface area contributed by atoms with Gasteiger partial charge >= 0.3 is 0 Å². The highest BCUT2D eigenvalue weighted by Crippen LogP contribution is 2.06. The number of carbonyl (C=O) groups is 1. The number of amides is 1. The number of ether oxygens (including phenoxy) is 1. The molecular formula is C9H14N2O2S. The number of hydrogen-bond acceptors (Lipinski definition) is 4. The summed E-state index contributed by atoms with van der Waals surface area (Å²) in [7, 11) is 0. The van der Waals surface area contributed by atoms with Gasteiger partial charge in [0.1, 0.15) is 6.61 Å². The average Bonchev–Trinajstić information content (AvgIpc) is 2.68. The highest BCUT2D eigenvalue weighted by atomic mass is 32.1. The summed E-state index contributed by atoms with van der Waals surface area (Å²) >= 11 is 1.62. The first-order chi connectivity index (χ1) is 6.83. The number of rotatable bonds is 6. The fraction of sp³-hybridized carbons (Fsp3) is 0.444. The second kappa shape index (κ2) is 6.53. The second-order valence-electron chi connectivity index (χ2n) is 2.70. The normalized spacial score (nSPS) is 10.1. The quantitative estimate of drug-likeness (QED) is 0.671. The molecule has 0 saturated heterocycles. The summed E-state index contributed by atoms with van der Waals surface area (Å²) in [6.45, 7) is 1.52. The van der Waals surface area contributed by atoms with Crippen molar-refractivity contribution < 1.29 is 9.53 Å². The van der Waals surface area contributed by atoms with Crippen LogP contribution in [0.2, 0.25) is 0 Å². The maximum absolute atomic E-state index is 11.1. The van der Waals surface area contributed by atoms with Gasteiger partial charge in [-0.3, -0.25) is 4.79 Å². The first kappa shape index (κ1) is 11.2. The Morgan fingerprint density at radius 3 is 3.14 bits per heavy atom. The third kappa shape index (κ3) is 4.36. The Morgan fingerprint density at radius 1 is 1.64 bits per heavy atom. The summed E-state index contributed by atoms with van der Waals surface area (Å²) in [5.74, 6) is -0.105. The molecule has 3 N–H and O–H groups in total. The number of nitrogens with two attached hydrogens (primary N) is 1. The Morgan fingerprint density at radius 2 is 2.50 bits per heavy atom. The fourth-order valence-corrected chi connectivity index (χ4v) is 1.54. The Hall–Kier alpha value is -0.910. The van der Waals surface area contributed by atoms with Crippen LogP contribution in [0.3, 0.4) is 0 Å². The van der Waals surface area contributed by atoms with Gasteiger partial charge in [0.2, 0.25) is 5.91 Å². The monoisotopic (exact) mass is 214 g/mol. The highest BCUT2D eigenvalue weighted by Gasteiger charge is 2.00. The van der Waals surface area contributed by atoms with E-state index in [1.807, 2.05) is 17.5 Å². The number of hydrogen-bond donors (Lipinski definition) is 2. The largest absolute Gasteiger partial charge is 0.370 e. The van der Waals surface area contributed by atoms with Crippen molar-refractivity contribution >= 4 is 17.2 Å². The van der Waals surface area contributed by atoms with E-state index >= 15 is 0 Å². The predicted octanol–water partition coefficient (Wildman–Crippen LogP) is 0.340. The van der Waals surface area contributed by atoms with Crippen molar-refractivity contribution in [2.24, 2.45) is 5.73 Å². The lowest BCUT2D eigenvalue weighted by atomic mass is 10.4. The summed E-state index contributed by atoms with van der Waals surface area (Å²) in [4.78, 5) is 12.3. The van der Waals surface area contributed by atoms with Gasteiger partial charge in [0, 0.05) is 11.4 Å². The third-order valence-electron chi connectivity index (χ3n) is 1.54. The average molecular weight is 214 g/mol. The van der Waals surface area contributed by atoms with E-state index in [9.17, 15) is 4.79 Å². The van der Waals surface area contributed by atoms with Crippen LogP contribution in [-0.2, 0) is 16.1 Å². The SMILES string of the molecule is NCCOCC(=O)NCc1cccs1. The topological polar surface area (TPSA) is 64.3 Å². The molecule has 0 fully saturated rings. The van der Waals surface area contributed by atoms with Crippen LogP contribution in [0, 0.1) is 0 Å². The maximum Gasteiger partial charge on any atom is 0.246 e. The Kier molecular flexibility index (Phi) is 5.21. The van der Waals surface area contributed by atoms with Gasteiger partial charge in [0.25, 0.3) is 0 Å². The van der Waals surface area contributed by atoms with Crippen LogP contribution in [0.25, 0.3) is 0 Å². The fourth-order valence-electron chi connectivity index (χ4n) is 0.898. The van der Waals surface area contributed by atoms with Crippen molar-refractivity contribution in [2.45, 2.75) is 6.54 Å². The van der Waals surface area contributed by atoms with Crippen molar-refractivity contribution in [3.8, 4) is 0 Å². The molecule has 0 radical (unpaired) electrons. The number of carbonyl (C=O) groups excluding carboxylic acids is 1. The zero-order valence-corrected chi connectivity index (χ0v) is 8.68. The summed E-state index contributed by atoms with van der Waals surface area (Å²) < 4.78 is 4.98. The van der Waals surface area contributed by atoms with E-state index < -0.39 is 0 Å². The molecule has 4 nitrogen and oxygen atoms in total. The van der Waals surface area contributed by atoms with Crippen molar-refractivity contribution in [3.05, 3.63) is 22.4 Å². The van der Waals surface area contributed by atoms with Gasteiger partial charge in [0.05, 0.1) is 13.2 Å². The van der Waals surface area contributed by atoms with Crippen molar-refractivity contribution in [3.63, 3.8) is 0 Å². The minimum Gasteiger partial charge on any atom is -0.370 e. The number of thiophene rings is 1. The van der Waals surface area contributed by atoms with Crippen molar-refractivity contribution in [1.29, 1.82) is 0 Å². The van der Waals surface area contributed by atoms with Gasteiger partial charge < -0.3 is 15.8 Å². The zero-order valence-electron chi connectivity index (χ0n) is 7.86. The van der Waals surface area contributed by atoms with Crippen LogP contribution in [0.4, 0.5) is 0 Å².